The monoisotopic (exact) mass is 507 g/mol. The lowest BCUT2D eigenvalue weighted by molar-refractivity contribution is -0.137. The third kappa shape index (κ3) is 6.07. The van der Waals surface area contributed by atoms with Crippen LogP contribution >= 0.6 is 35.0 Å². The number of benzene rings is 2. The zero-order chi connectivity index (χ0) is 24.1. The summed E-state index contributed by atoms with van der Waals surface area (Å²) >= 11 is 13.5. The predicted octanol–water partition coefficient (Wildman–Crippen LogP) is 3.71. The van der Waals surface area contributed by atoms with Crippen LogP contribution in [0.1, 0.15) is 22.8 Å². The Kier molecular flexibility index (Phi) is 8.01. The summed E-state index contributed by atoms with van der Waals surface area (Å²) in [7, 11) is 0. The Morgan fingerprint density at radius 1 is 1.09 bits per heavy atom. The lowest BCUT2D eigenvalue weighted by Gasteiger charge is -2.21. The number of thioether (sulfide) groups is 1. The van der Waals surface area contributed by atoms with Gasteiger partial charge >= 0.3 is 5.97 Å². The van der Waals surface area contributed by atoms with Crippen molar-refractivity contribution in [2.75, 3.05) is 16.9 Å². The first-order valence-electron chi connectivity index (χ1n) is 9.63. The average Bonchev–Trinajstić information content (AvgIpc) is 3.25. The molecular formula is C22H19Cl2N3O5S. The lowest BCUT2D eigenvalue weighted by atomic mass is 10.1. The molecule has 8 nitrogen and oxygen atoms in total. The van der Waals surface area contributed by atoms with Gasteiger partial charge in [0.15, 0.2) is 0 Å². The molecule has 3 rings (SSSR count). The first-order chi connectivity index (χ1) is 15.7. The van der Waals surface area contributed by atoms with Crippen LogP contribution in [0.4, 0.5) is 5.69 Å². The van der Waals surface area contributed by atoms with Gasteiger partial charge in [0.05, 0.1) is 21.5 Å². The van der Waals surface area contributed by atoms with E-state index in [0.29, 0.717) is 22.9 Å². The van der Waals surface area contributed by atoms with Crippen molar-refractivity contribution >= 4 is 70.4 Å². The number of carbonyl (C=O) groups excluding carboxylic acids is 3. The van der Waals surface area contributed by atoms with E-state index in [4.69, 9.17) is 23.2 Å². The number of carboxylic acids is 1. The van der Waals surface area contributed by atoms with E-state index in [-0.39, 0.29) is 27.2 Å². The molecule has 3 N–H and O–H groups in total. The number of anilines is 1. The van der Waals surface area contributed by atoms with Crippen LogP contribution in [0, 0.1) is 0 Å². The van der Waals surface area contributed by atoms with Gasteiger partial charge in [0.2, 0.25) is 11.8 Å². The summed E-state index contributed by atoms with van der Waals surface area (Å²) in [5, 5.41) is 15.0. The smallest absolute Gasteiger partial charge is 0.352 e. The Morgan fingerprint density at radius 2 is 1.73 bits per heavy atom. The molecule has 1 fully saturated rings. The standard InChI is InChI=1S/C22H19Cl2N3O5S/c1-12(28)27-11-33-10-18(27)20(29)26-17(22(31)32)9-13-5-7-14(8-6-13)25-21(30)19-15(23)3-2-4-16(19)24/h2-9,18H,10-11H2,1H3,(H,25,30)(H,26,29)(H,31,32)/b17-9+/t18-/m1/s1. The maximum Gasteiger partial charge on any atom is 0.352 e. The van der Waals surface area contributed by atoms with Crippen molar-refractivity contribution in [3.05, 3.63) is 69.3 Å². The molecule has 2 aromatic carbocycles. The zero-order valence-electron chi connectivity index (χ0n) is 17.3. The molecule has 11 heteroatoms. The fourth-order valence-electron chi connectivity index (χ4n) is 3.08. The molecule has 2 aromatic rings. The van der Waals surface area contributed by atoms with E-state index in [1.54, 1.807) is 42.5 Å². The van der Waals surface area contributed by atoms with Gasteiger partial charge in [-0.3, -0.25) is 14.4 Å². The quantitative estimate of drug-likeness (QED) is 0.513. The summed E-state index contributed by atoms with van der Waals surface area (Å²) in [5.74, 6) is -1.86. The van der Waals surface area contributed by atoms with Gasteiger partial charge in [-0.15, -0.1) is 11.8 Å². The van der Waals surface area contributed by atoms with Crippen LogP contribution in [0.25, 0.3) is 6.08 Å². The highest BCUT2D eigenvalue weighted by Gasteiger charge is 2.33. The third-order valence-electron chi connectivity index (χ3n) is 4.75. The third-order valence-corrected chi connectivity index (χ3v) is 6.39. The van der Waals surface area contributed by atoms with Gasteiger partial charge in [0.1, 0.15) is 11.7 Å². The molecule has 1 aliphatic heterocycles. The SMILES string of the molecule is CC(=O)N1CSC[C@@H]1C(=O)N/C(=C/c1ccc(NC(=O)c2c(Cl)cccc2Cl)cc1)C(=O)O. The van der Waals surface area contributed by atoms with E-state index in [2.05, 4.69) is 10.6 Å². The fraction of sp³-hybridized carbons (Fsp3) is 0.182. The number of amides is 3. The number of rotatable bonds is 6. The van der Waals surface area contributed by atoms with Gasteiger partial charge in [-0.25, -0.2) is 4.79 Å². The molecular weight excluding hydrogens is 489 g/mol. The lowest BCUT2D eigenvalue weighted by Crippen LogP contribution is -2.46. The van der Waals surface area contributed by atoms with Gasteiger partial charge in [-0.2, -0.15) is 0 Å². The number of carbonyl (C=O) groups is 4. The summed E-state index contributed by atoms with van der Waals surface area (Å²) in [6, 6.07) is 10.3. The van der Waals surface area contributed by atoms with Crippen LogP contribution < -0.4 is 10.6 Å². The highest BCUT2D eigenvalue weighted by Crippen LogP contribution is 2.25. The second-order valence-electron chi connectivity index (χ2n) is 7.03. The van der Waals surface area contributed by atoms with Crippen molar-refractivity contribution in [3.8, 4) is 0 Å². The second-order valence-corrected chi connectivity index (χ2v) is 8.84. The second kappa shape index (κ2) is 10.7. The van der Waals surface area contributed by atoms with Crippen LogP contribution in [0.3, 0.4) is 0 Å². The molecule has 0 aliphatic carbocycles. The van der Waals surface area contributed by atoms with Gasteiger partial charge in [-0.05, 0) is 35.9 Å². The minimum absolute atomic E-state index is 0.144. The minimum Gasteiger partial charge on any atom is -0.477 e. The van der Waals surface area contributed by atoms with Gasteiger partial charge in [0.25, 0.3) is 5.91 Å². The molecule has 172 valence electrons. The Hall–Kier alpha value is -3.01. The molecule has 0 radical (unpaired) electrons. The molecule has 1 atom stereocenters. The molecule has 0 spiro atoms. The molecule has 0 bridgehead atoms. The Bertz CT molecular complexity index is 1120. The Balaban J connectivity index is 1.72. The molecule has 33 heavy (non-hydrogen) atoms. The highest BCUT2D eigenvalue weighted by molar-refractivity contribution is 7.99. The molecule has 1 aliphatic rings. The molecule has 1 saturated heterocycles. The molecule has 0 unspecified atom stereocenters. The number of nitrogens with zero attached hydrogens (tertiary/aromatic N) is 1. The van der Waals surface area contributed by atoms with E-state index < -0.39 is 23.8 Å². The molecule has 1 heterocycles. The Labute approximate surface area is 203 Å². The van der Waals surface area contributed by atoms with Gasteiger partial charge in [-0.1, -0.05) is 41.4 Å². The first-order valence-corrected chi connectivity index (χ1v) is 11.5. The summed E-state index contributed by atoms with van der Waals surface area (Å²) in [6.45, 7) is 1.36. The first kappa shape index (κ1) is 24.6. The number of aliphatic carboxylic acids is 1. The van der Waals surface area contributed by atoms with Crippen LogP contribution in [-0.4, -0.2) is 51.4 Å². The van der Waals surface area contributed by atoms with Crippen molar-refractivity contribution in [1.82, 2.24) is 10.2 Å². The highest BCUT2D eigenvalue weighted by atomic mass is 35.5. The number of hydrogen-bond acceptors (Lipinski definition) is 5. The normalized spacial score (nSPS) is 15.8. The van der Waals surface area contributed by atoms with Crippen molar-refractivity contribution in [3.63, 3.8) is 0 Å². The van der Waals surface area contributed by atoms with Crippen molar-refractivity contribution in [1.29, 1.82) is 0 Å². The molecule has 0 aromatic heterocycles. The van der Waals surface area contributed by atoms with Crippen LogP contribution in [0.2, 0.25) is 10.0 Å². The number of nitrogens with one attached hydrogen (secondary N) is 2. The van der Waals surface area contributed by atoms with Crippen molar-refractivity contribution in [2.24, 2.45) is 0 Å². The number of halogens is 2. The molecule has 0 saturated carbocycles. The van der Waals surface area contributed by atoms with E-state index in [1.165, 1.54) is 29.7 Å². The maximum atomic E-state index is 12.5. The summed E-state index contributed by atoms with van der Waals surface area (Å²) in [6.07, 6.45) is 1.29. The van der Waals surface area contributed by atoms with Crippen LogP contribution in [0.15, 0.2) is 48.2 Å². The largest absolute Gasteiger partial charge is 0.477 e. The van der Waals surface area contributed by atoms with Crippen molar-refractivity contribution in [2.45, 2.75) is 13.0 Å². The zero-order valence-corrected chi connectivity index (χ0v) is 19.6. The van der Waals surface area contributed by atoms with E-state index in [1.807, 2.05) is 0 Å². The predicted molar refractivity (Wildman–Crippen MR) is 128 cm³/mol. The fourth-order valence-corrected chi connectivity index (χ4v) is 4.86. The van der Waals surface area contributed by atoms with Gasteiger partial charge < -0.3 is 20.6 Å². The average molecular weight is 508 g/mol. The Morgan fingerprint density at radius 3 is 2.30 bits per heavy atom. The van der Waals surface area contributed by atoms with Crippen LogP contribution in [0.5, 0.6) is 0 Å². The molecule has 3 amide bonds. The van der Waals surface area contributed by atoms with E-state index in [0.717, 1.165) is 0 Å². The van der Waals surface area contributed by atoms with Crippen LogP contribution in [-0.2, 0) is 14.4 Å². The topological polar surface area (TPSA) is 116 Å². The summed E-state index contributed by atoms with van der Waals surface area (Å²) in [4.78, 5) is 49.7. The van der Waals surface area contributed by atoms with Gasteiger partial charge in [0, 0.05) is 18.4 Å². The maximum absolute atomic E-state index is 12.5. The van der Waals surface area contributed by atoms with E-state index >= 15 is 0 Å². The van der Waals surface area contributed by atoms with Crippen molar-refractivity contribution < 1.29 is 24.3 Å². The number of carboxylic acid groups (broad SMARTS) is 1. The van der Waals surface area contributed by atoms with E-state index in [9.17, 15) is 24.3 Å². The summed E-state index contributed by atoms with van der Waals surface area (Å²) < 4.78 is 0. The number of hydrogen-bond donors (Lipinski definition) is 3. The summed E-state index contributed by atoms with van der Waals surface area (Å²) in [5.41, 5.74) is 0.727. The minimum atomic E-state index is -1.32.